The van der Waals surface area contributed by atoms with E-state index in [0.717, 1.165) is 4.90 Å². The van der Waals surface area contributed by atoms with Crippen LogP contribution in [0.15, 0.2) is 71.3 Å². The van der Waals surface area contributed by atoms with Gasteiger partial charge < -0.3 is 20.4 Å². The molecule has 9 nitrogen and oxygen atoms in total. The molecule has 4 rings (SSSR count). The van der Waals surface area contributed by atoms with Crippen molar-refractivity contribution in [1.29, 1.82) is 0 Å². The summed E-state index contributed by atoms with van der Waals surface area (Å²) in [5.41, 5.74) is -0.545. The molecule has 0 radical (unpaired) electrons. The van der Waals surface area contributed by atoms with Gasteiger partial charge in [-0.1, -0.05) is 31.2 Å². The number of para-hydroxylation sites is 1. The fraction of sp³-hybridized carbons (Fsp3) is 0.200. The Bertz CT molecular complexity index is 1260. The molecule has 1 atom stereocenters. The average Bonchev–Trinajstić information content (AvgIpc) is 3.46. The van der Waals surface area contributed by atoms with Crippen LogP contribution in [0.25, 0.3) is 0 Å². The number of nitrogens with one attached hydrogen (secondary N) is 3. The summed E-state index contributed by atoms with van der Waals surface area (Å²) in [5.74, 6) is -1.62. The number of hydrogen-bond donors (Lipinski definition) is 3. The van der Waals surface area contributed by atoms with Gasteiger partial charge in [-0.25, -0.2) is 9.18 Å². The van der Waals surface area contributed by atoms with Gasteiger partial charge in [0.2, 0.25) is 5.91 Å². The lowest BCUT2D eigenvalue weighted by Crippen LogP contribution is -2.44. The standard InChI is InChI=1S/C25H23FN4O5/c1-2-25(16-9-11-17(26)12-10-16)23(33)30(24(34)29-25)15-21(31)28-20-8-4-3-7-19(20)22(32)27-14-18-6-5-13-35-18/h3-13H,2,14-15H2,1H3,(H,27,32)(H,28,31)(H,29,34)/t25-/m1/s1. The van der Waals surface area contributed by atoms with E-state index in [1.807, 2.05) is 0 Å². The van der Waals surface area contributed by atoms with Crippen molar-refractivity contribution in [2.75, 3.05) is 11.9 Å². The number of halogens is 1. The van der Waals surface area contributed by atoms with E-state index in [-0.39, 0.29) is 24.2 Å². The van der Waals surface area contributed by atoms with Crippen LogP contribution in [0.4, 0.5) is 14.9 Å². The van der Waals surface area contributed by atoms with Crippen molar-refractivity contribution < 1.29 is 28.0 Å². The summed E-state index contributed by atoms with van der Waals surface area (Å²) in [4.78, 5) is 52.1. The van der Waals surface area contributed by atoms with Gasteiger partial charge >= 0.3 is 6.03 Å². The molecule has 0 spiro atoms. The Labute approximate surface area is 200 Å². The molecular weight excluding hydrogens is 455 g/mol. The van der Waals surface area contributed by atoms with Gasteiger partial charge in [-0.3, -0.25) is 19.3 Å². The molecule has 1 aromatic heterocycles. The van der Waals surface area contributed by atoms with Crippen LogP contribution in [0.3, 0.4) is 0 Å². The second kappa shape index (κ2) is 9.80. The van der Waals surface area contributed by atoms with E-state index in [0.29, 0.717) is 11.3 Å². The zero-order valence-electron chi connectivity index (χ0n) is 18.8. The first-order valence-corrected chi connectivity index (χ1v) is 10.9. The van der Waals surface area contributed by atoms with Gasteiger partial charge in [0, 0.05) is 0 Å². The summed E-state index contributed by atoms with van der Waals surface area (Å²) in [5, 5.41) is 7.95. The molecule has 1 aliphatic heterocycles. The van der Waals surface area contributed by atoms with Crippen molar-refractivity contribution in [2.24, 2.45) is 0 Å². The number of benzene rings is 2. The van der Waals surface area contributed by atoms with Crippen LogP contribution in [0.5, 0.6) is 0 Å². The summed E-state index contributed by atoms with van der Waals surface area (Å²) in [6.45, 7) is 1.32. The van der Waals surface area contributed by atoms with E-state index in [1.54, 1.807) is 37.3 Å². The number of amides is 5. The van der Waals surface area contributed by atoms with Gasteiger partial charge in [-0.15, -0.1) is 0 Å². The first kappa shape index (κ1) is 23.7. The van der Waals surface area contributed by atoms with Crippen molar-refractivity contribution in [3.63, 3.8) is 0 Å². The Kier molecular flexibility index (Phi) is 6.63. The summed E-state index contributed by atoms with van der Waals surface area (Å²) in [6, 6.07) is 14.3. The number of imide groups is 1. The Morgan fingerprint density at radius 2 is 1.80 bits per heavy atom. The lowest BCUT2D eigenvalue weighted by molar-refractivity contribution is -0.134. The minimum atomic E-state index is -1.39. The molecule has 0 bridgehead atoms. The summed E-state index contributed by atoms with van der Waals surface area (Å²) in [6.07, 6.45) is 1.70. The predicted molar refractivity (Wildman–Crippen MR) is 124 cm³/mol. The Morgan fingerprint density at radius 1 is 1.06 bits per heavy atom. The zero-order valence-corrected chi connectivity index (χ0v) is 18.8. The first-order chi connectivity index (χ1) is 16.8. The van der Waals surface area contributed by atoms with Crippen molar-refractivity contribution >= 4 is 29.4 Å². The number of anilines is 1. The molecule has 1 fully saturated rings. The highest BCUT2D eigenvalue weighted by Crippen LogP contribution is 2.32. The van der Waals surface area contributed by atoms with Crippen molar-refractivity contribution in [3.8, 4) is 0 Å². The Balaban J connectivity index is 1.46. The molecule has 35 heavy (non-hydrogen) atoms. The second-order valence-electron chi connectivity index (χ2n) is 7.94. The van der Waals surface area contributed by atoms with Crippen LogP contribution in [0.1, 0.15) is 35.0 Å². The SMILES string of the molecule is CC[C@]1(c2ccc(F)cc2)NC(=O)N(CC(=O)Nc2ccccc2C(=O)NCc2ccco2)C1=O. The van der Waals surface area contributed by atoms with E-state index in [4.69, 9.17) is 4.42 Å². The second-order valence-corrected chi connectivity index (χ2v) is 7.94. The molecule has 180 valence electrons. The van der Waals surface area contributed by atoms with Crippen molar-refractivity contribution in [2.45, 2.75) is 25.4 Å². The van der Waals surface area contributed by atoms with E-state index in [2.05, 4.69) is 16.0 Å². The quantitative estimate of drug-likeness (QED) is 0.430. The lowest BCUT2D eigenvalue weighted by Gasteiger charge is -2.25. The van der Waals surface area contributed by atoms with Crippen LogP contribution in [0, 0.1) is 5.82 Å². The highest BCUT2D eigenvalue weighted by atomic mass is 19.1. The molecule has 3 N–H and O–H groups in total. The predicted octanol–water partition coefficient (Wildman–Crippen LogP) is 3.14. The van der Waals surface area contributed by atoms with Gasteiger partial charge in [-0.05, 0) is 48.4 Å². The molecule has 3 aromatic rings. The van der Waals surface area contributed by atoms with Crippen molar-refractivity contribution in [1.82, 2.24) is 15.5 Å². The number of nitrogens with zero attached hydrogens (tertiary/aromatic N) is 1. The first-order valence-electron chi connectivity index (χ1n) is 10.9. The fourth-order valence-electron chi connectivity index (χ4n) is 3.94. The number of carbonyl (C=O) groups excluding carboxylic acids is 4. The van der Waals surface area contributed by atoms with E-state index < -0.39 is 41.7 Å². The lowest BCUT2D eigenvalue weighted by atomic mass is 9.87. The number of carbonyl (C=O) groups is 4. The van der Waals surface area contributed by atoms with Gasteiger partial charge in [0.15, 0.2) is 0 Å². The molecule has 1 aliphatic rings. The van der Waals surface area contributed by atoms with Gasteiger partial charge in [0.1, 0.15) is 23.7 Å². The molecular formula is C25H23FN4O5. The van der Waals surface area contributed by atoms with E-state index >= 15 is 0 Å². The topological polar surface area (TPSA) is 121 Å². The maximum atomic E-state index is 13.4. The van der Waals surface area contributed by atoms with Crippen molar-refractivity contribution in [3.05, 3.63) is 89.6 Å². The summed E-state index contributed by atoms with van der Waals surface area (Å²) < 4.78 is 18.6. The normalized spacial score (nSPS) is 17.3. The van der Waals surface area contributed by atoms with Crippen LogP contribution in [-0.4, -0.2) is 35.2 Å². The average molecular weight is 478 g/mol. The molecule has 0 aliphatic carbocycles. The maximum Gasteiger partial charge on any atom is 0.325 e. The third kappa shape index (κ3) is 4.77. The molecule has 5 amide bonds. The van der Waals surface area contributed by atoms with Crippen LogP contribution >= 0.6 is 0 Å². The Hall–Kier alpha value is -4.47. The van der Waals surface area contributed by atoms with E-state index in [9.17, 15) is 23.6 Å². The van der Waals surface area contributed by atoms with Crippen LogP contribution in [0.2, 0.25) is 0 Å². The summed E-state index contributed by atoms with van der Waals surface area (Å²) >= 11 is 0. The molecule has 0 unspecified atom stereocenters. The minimum Gasteiger partial charge on any atom is -0.467 e. The minimum absolute atomic E-state index is 0.166. The highest BCUT2D eigenvalue weighted by molar-refractivity contribution is 6.11. The number of furan rings is 1. The number of hydrogen-bond acceptors (Lipinski definition) is 5. The molecule has 0 saturated carbocycles. The molecule has 10 heteroatoms. The third-order valence-corrected chi connectivity index (χ3v) is 5.79. The molecule has 1 saturated heterocycles. The van der Waals surface area contributed by atoms with Gasteiger partial charge in [-0.2, -0.15) is 0 Å². The largest absolute Gasteiger partial charge is 0.467 e. The van der Waals surface area contributed by atoms with Gasteiger partial charge in [0.05, 0.1) is 24.1 Å². The zero-order chi connectivity index (χ0) is 25.0. The fourth-order valence-corrected chi connectivity index (χ4v) is 3.94. The number of rotatable bonds is 8. The maximum absolute atomic E-state index is 13.4. The third-order valence-electron chi connectivity index (χ3n) is 5.79. The summed E-state index contributed by atoms with van der Waals surface area (Å²) in [7, 11) is 0. The molecule has 2 heterocycles. The Morgan fingerprint density at radius 3 is 2.49 bits per heavy atom. The monoisotopic (exact) mass is 478 g/mol. The van der Waals surface area contributed by atoms with E-state index in [1.165, 1.54) is 36.6 Å². The number of urea groups is 1. The smallest absolute Gasteiger partial charge is 0.325 e. The highest BCUT2D eigenvalue weighted by Gasteiger charge is 2.51. The van der Waals surface area contributed by atoms with Gasteiger partial charge in [0.25, 0.3) is 11.8 Å². The van der Waals surface area contributed by atoms with Crippen LogP contribution in [-0.2, 0) is 21.7 Å². The molecule has 2 aromatic carbocycles. The van der Waals surface area contributed by atoms with Crippen LogP contribution < -0.4 is 16.0 Å².